The molecule has 0 amide bonds. The van der Waals surface area contributed by atoms with E-state index in [1.165, 1.54) is 0 Å². The third-order valence-corrected chi connectivity index (χ3v) is 5.02. The normalized spacial score (nSPS) is 10.9. The molecule has 0 atom stereocenters. The van der Waals surface area contributed by atoms with E-state index in [1.807, 2.05) is 18.2 Å². The lowest BCUT2D eigenvalue weighted by Crippen LogP contribution is -2.15. The highest BCUT2D eigenvalue weighted by molar-refractivity contribution is 6.42. The number of methoxy groups -OCH3 is 1. The summed E-state index contributed by atoms with van der Waals surface area (Å²) >= 11 is 18.4. The summed E-state index contributed by atoms with van der Waals surface area (Å²) in [7, 11) is 1.59. The van der Waals surface area contributed by atoms with Crippen molar-refractivity contribution in [3.05, 3.63) is 56.5 Å². The first-order valence-electron chi connectivity index (χ1n) is 8.80. The molecule has 0 aliphatic heterocycles. The molecule has 4 nitrogen and oxygen atoms in total. The topological polar surface area (TPSA) is 50.7 Å². The fourth-order valence-corrected chi connectivity index (χ4v) is 3.18. The van der Waals surface area contributed by atoms with Gasteiger partial charge in [0.1, 0.15) is 6.61 Å². The number of hydrogen-bond acceptors (Lipinski definition) is 4. The Morgan fingerprint density at radius 2 is 1.70 bits per heavy atom. The molecule has 0 saturated heterocycles. The van der Waals surface area contributed by atoms with Crippen LogP contribution in [-0.4, -0.2) is 25.4 Å². The van der Waals surface area contributed by atoms with E-state index < -0.39 is 0 Å². The number of aliphatic hydroxyl groups is 1. The molecule has 2 aromatic carbocycles. The van der Waals surface area contributed by atoms with Gasteiger partial charge in [0, 0.05) is 13.2 Å². The Labute approximate surface area is 175 Å². The van der Waals surface area contributed by atoms with Crippen molar-refractivity contribution in [3.8, 4) is 11.5 Å². The number of aliphatic hydroxyl groups excluding tert-OH is 1. The molecule has 0 fully saturated rings. The number of rotatable bonds is 11. The fraction of sp³-hybridized carbons (Fsp3) is 0.400. The van der Waals surface area contributed by atoms with E-state index in [0.29, 0.717) is 39.7 Å². The van der Waals surface area contributed by atoms with Crippen LogP contribution in [-0.2, 0) is 13.2 Å². The van der Waals surface area contributed by atoms with E-state index in [-0.39, 0.29) is 6.61 Å². The monoisotopic (exact) mass is 431 g/mol. The number of unbranched alkanes of at least 4 members (excludes halogenated alkanes) is 2. The SMILES string of the molecule is COc1cc(CNCCCCCO)cc(Cl)c1OCc1ccc(Cl)c(Cl)c1. The number of ether oxygens (including phenoxy) is 2. The average Bonchev–Trinajstić information content (AvgIpc) is 2.66. The Balaban J connectivity index is 1.97. The number of hydrogen-bond donors (Lipinski definition) is 2. The molecule has 0 aromatic heterocycles. The van der Waals surface area contributed by atoms with Crippen molar-refractivity contribution in [1.29, 1.82) is 0 Å². The number of halogens is 3. The molecule has 0 radical (unpaired) electrons. The van der Waals surface area contributed by atoms with Gasteiger partial charge in [-0.25, -0.2) is 0 Å². The molecule has 27 heavy (non-hydrogen) atoms. The lowest BCUT2D eigenvalue weighted by atomic mass is 10.2. The van der Waals surface area contributed by atoms with Crippen LogP contribution in [0.1, 0.15) is 30.4 Å². The Hall–Kier alpha value is -1.17. The van der Waals surface area contributed by atoms with Gasteiger partial charge in [0.15, 0.2) is 11.5 Å². The summed E-state index contributed by atoms with van der Waals surface area (Å²) in [5.74, 6) is 1.08. The molecule has 0 bridgehead atoms. The highest BCUT2D eigenvalue weighted by Crippen LogP contribution is 2.37. The number of nitrogens with one attached hydrogen (secondary N) is 1. The van der Waals surface area contributed by atoms with Crippen LogP contribution in [0.15, 0.2) is 30.3 Å². The van der Waals surface area contributed by atoms with Crippen molar-refractivity contribution >= 4 is 34.8 Å². The maximum Gasteiger partial charge on any atom is 0.180 e. The van der Waals surface area contributed by atoms with Crippen LogP contribution in [0.5, 0.6) is 11.5 Å². The molecule has 7 heteroatoms. The summed E-state index contributed by atoms with van der Waals surface area (Å²) in [6, 6.07) is 9.13. The molecule has 2 rings (SSSR count). The van der Waals surface area contributed by atoms with E-state index in [9.17, 15) is 0 Å². The Kier molecular flexibility index (Phi) is 9.52. The van der Waals surface area contributed by atoms with Gasteiger partial charge in [-0.05, 0) is 61.2 Å². The Morgan fingerprint density at radius 1 is 0.926 bits per heavy atom. The zero-order valence-electron chi connectivity index (χ0n) is 15.2. The first kappa shape index (κ1) is 22.1. The van der Waals surface area contributed by atoms with E-state index in [4.69, 9.17) is 49.4 Å². The van der Waals surface area contributed by atoms with E-state index in [0.717, 1.165) is 36.9 Å². The summed E-state index contributed by atoms with van der Waals surface area (Å²) in [5.41, 5.74) is 1.90. The van der Waals surface area contributed by atoms with Gasteiger partial charge in [-0.2, -0.15) is 0 Å². The minimum atomic E-state index is 0.247. The molecule has 0 aliphatic rings. The largest absolute Gasteiger partial charge is 0.493 e. The van der Waals surface area contributed by atoms with E-state index in [1.54, 1.807) is 19.2 Å². The summed E-state index contributed by atoms with van der Waals surface area (Å²) in [4.78, 5) is 0. The second-order valence-electron chi connectivity index (χ2n) is 6.11. The fourth-order valence-electron chi connectivity index (χ4n) is 2.57. The third kappa shape index (κ3) is 7.05. The molecule has 0 saturated carbocycles. The quantitative estimate of drug-likeness (QED) is 0.461. The maximum atomic E-state index is 8.78. The average molecular weight is 433 g/mol. The van der Waals surface area contributed by atoms with Gasteiger partial charge in [-0.15, -0.1) is 0 Å². The highest BCUT2D eigenvalue weighted by Gasteiger charge is 2.13. The zero-order valence-corrected chi connectivity index (χ0v) is 17.5. The van der Waals surface area contributed by atoms with Crippen molar-refractivity contribution in [2.45, 2.75) is 32.4 Å². The van der Waals surface area contributed by atoms with Crippen LogP contribution >= 0.6 is 34.8 Å². The van der Waals surface area contributed by atoms with Gasteiger partial charge < -0.3 is 19.9 Å². The van der Waals surface area contributed by atoms with Crippen LogP contribution in [0.25, 0.3) is 0 Å². The first-order valence-corrected chi connectivity index (χ1v) is 9.93. The minimum Gasteiger partial charge on any atom is -0.493 e. The molecule has 2 N–H and O–H groups in total. The lowest BCUT2D eigenvalue weighted by Gasteiger charge is -2.15. The number of benzene rings is 2. The molecule has 0 aliphatic carbocycles. The third-order valence-electron chi connectivity index (χ3n) is 4.00. The lowest BCUT2D eigenvalue weighted by molar-refractivity contribution is 0.282. The molecule has 0 unspecified atom stereocenters. The predicted octanol–water partition coefficient (Wildman–Crippen LogP) is 5.49. The van der Waals surface area contributed by atoms with Gasteiger partial charge in [0.05, 0.1) is 22.2 Å². The van der Waals surface area contributed by atoms with Gasteiger partial charge in [0.25, 0.3) is 0 Å². The molecule has 0 heterocycles. The summed E-state index contributed by atoms with van der Waals surface area (Å²) in [5, 5.41) is 13.6. The standard InChI is InChI=1S/C20H24Cl3NO3/c1-26-19-11-15(12-24-7-3-2-4-8-25)10-18(23)20(19)27-13-14-5-6-16(21)17(22)9-14/h5-6,9-11,24-25H,2-4,7-8,12-13H2,1H3. The van der Waals surface area contributed by atoms with E-state index in [2.05, 4.69) is 5.32 Å². The van der Waals surface area contributed by atoms with Crippen LogP contribution < -0.4 is 14.8 Å². The van der Waals surface area contributed by atoms with Gasteiger partial charge in [0.2, 0.25) is 0 Å². The van der Waals surface area contributed by atoms with Crippen molar-refractivity contribution in [2.75, 3.05) is 20.3 Å². The summed E-state index contributed by atoms with van der Waals surface area (Å²) < 4.78 is 11.3. The smallest absolute Gasteiger partial charge is 0.180 e. The molecule has 0 spiro atoms. The van der Waals surface area contributed by atoms with Gasteiger partial charge >= 0.3 is 0 Å². The van der Waals surface area contributed by atoms with Crippen molar-refractivity contribution in [3.63, 3.8) is 0 Å². The second-order valence-corrected chi connectivity index (χ2v) is 7.33. The van der Waals surface area contributed by atoms with Gasteiger partial charge in [-0.3, -0.25) is 0 Å². The van der Waals surface area contributed by atoms with Crippen molar-refractivity contribution in [2.24, 2.45) is 0 Å². The summed E-state index contributed by atoms with van der Waals surface area (Å²) in [6.07, 6.45) is 2.87. The van der Waals surface area contributed by atoms with Crippen LogP contribution in [0.4, 0.5) is 0 Å². The van der Waals surface area contributed by atoms with Gasteiger partial charge in [-0.1, -0.05) is 40.9 Å². The Bertz CT molecular complexity index is 741. The minimum absolute atomic E-state index is 0.247. The first-order chi connectivity index (χ1) is 13.0. The second kappa shape index (κ2) is 11.6. The summed E-state index contributed by atoms with van der Waals surface area (Å²) in [6.45, 7) is 2.11. The van der Waals surface area contributed by atoms with Crippen LogP contribution in [0, 0.1) is 0 Å². The van der Waals surface area contributed by atoms with Crippen LogP contribution in [0.2, 0.25) is 15.1 Å². The Morgan fingerprint density at radius 3 is 2.41 bits per heavy atom. The zero-order chi connectivity index (χ0) is 19.6. The highest BCUT2D eigenvalue weighted by atomic mass is 35.5. The predicted molar refractivity (Wildman–Crippen MR) is 111 cm³/mol. The van der Waals surface area contributed by atoms with E-state index >= 15 is 0 Å². The molecule has 2 aromatic rings. The molecule has 148 valence electrons. The maximum absolute atomic E-state index is 8.78. The molecular formula is C20H24Cl3NO3. The molecular weight excluding hydrogens is 409 g/mol. The van der Waals surface area contributed by atoms with Crippen LogP contribution in [0.3, 0.4) is 0 Å². The van der Waals surface area contributed by atoms with Crippen molar-refractivity contribution < 1.29 is 14.6 Å². The van der Waals surface area contributed by atoms with Crippen molar-refractivity contribution in [1.82, 2.24) is 5.32 Å².